The maximum absolute atomic E-state index is 12.8. The first-order valence-electron chi connectivity index (χ1n) is 5.97. The molecule has 0 unspecified atom stereocenters. The Balaban J connectivity index is 2.46. The van der Waals surface area contributed by atoms with E-state index in [0.717, 1.165) is 7.05 Å². The van der Waals surface area contributed by atoms with Crippen LogP contribution < -0.4 is 9.47 Å². The standard InChI is InChI=1S/C13H15F4NO3/c1-18(12(19)13(16,17)11(14)15)7-8-21-10-5-3-9(20-2)4-6-10/h3-6,11H,7-8H2,1-2H3. The summed E-state index contributed by atoms with van der Waals surface area (Å²) in [5.41, 5.74) is 0. The van der Waals surface area contributed by atoms with Gasteiger partial charge in [0.25, 0.3) is 5.91 Å². The summed E-state index contributed by atoms with van der Waals surface area (Å²) in [5.74, 6) is -5.56. The molecule has 0 N–H and O–H groups in total. The van der Waals surface area contributed by atoms with Gasteiger partial charge in [-0.2, -0.15) is 8.78 Å². The molecule has 4 nitrogen and oxygen atoms in total. The highest BCUT2D eigenvalue weighted by Gasteiger charge is 2.50. The van der Waals surface area contributed by atoms with Crippen LogP contribution in [0.2, 0.25) is 0 Å². The zero-order valence-corrected chi connectivity index (χ0v) is 11.5. The SMILES string of the molecule is COc1ccc(OCCN(C)C(=O)C(F)(F)C(F)F)cc1. The van der Waals surface area contributed by atoms with Crippen molar-refractivity contribution < 1.29 is 31.8 Å². The highest BCUT2D eigenvalue weighted by atomic mass is 19.3. The average molecular weight is 309 g/mol. The third-order valence-electron chi connectivity index (χ3n) is 2.66. The van der Waals surface area contributed by atoms with Crippen LogP contribution >= 0.6 is 0 Å². The van der Waals surface area contributed by atoms with Gasteiger partial charge in [-0.3, -0.25) is 4.79 Å². The van der Waals surface area contributed by atoms with Crippen LogP contribution in [0.3, 0.4) is 0 Å². The van der Waals surface area contributed by atoms with Crippen molar-refractivity contribution >= 4 is 5.91 Å². The van der Waals surface area contributed by atoms with E-state index in [0.29, 0.717) is 16.4 Å². The van der Waals surface area contributed by atoms with Gasteiger partial charge in [0, 0.05) is 7.05 Å². The molecule has 0 saturated heterocycles. The summed E-state index contributed by atoms with van der Waals surface area (Å²) in [7, 11) is 2.51. The van der Waals surface area contributed by atoms with Crippen LogP contribution in [-0.4, -0.2) is 50.5 Å². The van der Waals surface area contributed by atoms with Gasteiger partial charge in [-0.1, -0.05) is 0 Å². The Kier molecular flexibility index (Phi) is 5.80. The molecule has 118 valence electrons. The highest BCUT2D eigenvalue weighted by molar-refractivity contribution is 5.83. The minimum absolute atomic E-state index is 0.103. The summed E-state index contributed by atoms with van der Waals surface area (Å²) in [6.07, 6.45) is -4.03. The van der Waals surface area contributed by atoms with E-state index in [9.17, 15) is 22.4 Å². The van der Waals surface area contributed by atoms with Gasteiger partial charge in [0.1, 0.15) is 18.1 Å². The molecule has 0 radical (unpaired) electrons. The molecular weight excluding hydrogens is 294 g/mol. The third-order valence-corrected chi connectivity index (χ3v) is 2.66. The number of carbonyl (C=O) groups excluding carboxylic acids is 1. The zero-order chi connectivity index (χ0) is 16.0. The lowest BCUT2D eigenvalue weighted by Gasteiger charge is -2.22. The quantitative estimate of drug-likeness (QED) is 0.726. The van der Waals surface area contributed by atoms with Gasteiger partial charge >= 0.3 is 12.3 Å². The number of carbonyl (C=O) groups is 1. The molecule has 0 aliphatic carbocycles. The molecule has 1 amide bonds. The molecular formula is C13H15F4NO3. The summed E-state index contributed by atoms with van der Waals surface area (Å²) in [4.78, 5) is 11.7. The molecule has 0 aliphatic heterocycles. The van der Waals surface area contributed by atoms with Gasteiger partial charge in [-0.15, -0.1) is 0 Å². The summed E-state index contributed by atoms with van der Waals surface area (Å²) < 4.78 is 59.9. The second-order valence-electron chi connectivity index (χ2n) is 4.17. The van der Waals surface area contributed by atoms with Gasteiger partial charge in [-0.25, -0.2) is 8.78 Å². The first kappa shape index (κ1) is 17.1. The third kappa shape index (κ3) is 4.51. The summed E-state index contributed by atoms with van der Waals surface area (Å²) in [6, 6.07) is 6.45. The van der Waals surface area contributed by atoms with Gasteiger partial charge in [0.15, 0.2) is 0 Å². The molecule has 0 aromatic heterocycles. The summed E-state index contributed by atoms with van der Waals surface area (Å²) in [6.45, 7) is -0.346. The number of benzene rings is 1. The number of amides is 1. The molecule has 1 aromatic rings. The molecule has 8 heteroatoms. The first-order chi connectivity index (χ1) is 9.78. The number of methoxy groups -OCH3 is 1. The molecule has 1 aromatic carbocycles. The van der Waals surface area contributed by atoms with Crippen LogP contribution in [0.1, 0.15) is 0 Å². The van der Waals surface area contributed by atoms with E-state index in [-0.39, 0.29) is 13.2 Å². The lowest BCUT2D eigenvalue weighted by molar-refractivity contribution is -0.179. The van der Waals surface area contributed by atoms with E-state index in [4.69, 9.17) is 9.47 Å². The number of alkyl halides is 4. The maximum atomic E-state index is 12.8. The highest BCUT2D eigenvalue weighted by Crippen LogP contribution is 2.25. The molecule has 0 heterocycles. The summed E-state index contributed by atoms with van der Waals surface area (Å²) in [5, 5.41) is 0. The number of rotatable bonds is 7. The van der Waals surface area contributed by atoms with Gasteiger partial charge < -0.3 is 14.4 Å². The largest absolute Gasteiger partial charge is 0.497 e. The molecule has 0 saturated carbocycles. The Morgan fingerprint density at radius 3 is 2.24 bits per heavy atom. The number of hydrogen-bond donors (Lipinski definition) is 0. The van der Waals surface area contributed by atoms with Crippen LogP contribution in [-0.2, 0) is 4.79 Å². The van der Waals surface area contributed by atoms with Crippen LogP contribution in [0.5, 0.6) is 11.5 Å². The topological polar surface area (TPSA) is 38.8 Å². The second kappa shape index (κ2) is 7.14. The number of nitrogens with zero attached hydrogens (tertiary/aromatic N) is 1. The first-order valence-corrected chi connectivity index (χ1v) is 5.97. The average Bonchev–Trinajstić information content (AvgIpc) is 2.46. The molecule has 0 aliphatic rings. The number of halogens is 4. The Bertz CT molecular complexity index is 465. The van der Waals surface area contributed by atoms with Crippen LogP contribution in [0.4, 0.5) is 17.6 Å². The van der Waals surface area contributed by atoms with Crippen molar-refractivity contribution in [1.82, 2.24) is 4.90 Å². The number of ether oxygens (including phenoxy) is 2. The Morgan fingerprint density at radius 2 is 1.76 bits per heavy atom. The normalized spacial score (nSPS) is 11.4. The number of likely N-dealkylation sites (N-methyl/N-ethyl adjacent to an activating group) is 1. The molecule has 0 fully saturated rings. The van der Waals surface area contributed by atoms with E-state index in [2.05, 4.69) is 0 Å². The van der Waals surface area contributed by atoms with Crippen molar-refractivity contribution in [2.45, 2.75) is 12.3 Å². The van der Waals surface area contributed by atoms with E-state index < -0.39 is 18.3 Å². The van der Waals surface area contributed by atoms with E-state index in [1.807, 2.05) is 0 Å². The second-order valence-corrected chi connectivity index (χ2v) is 4.17. The molecule has 0 bridgehead atoms. The maximum Gasteiger partial charge on any atom is 0.383 e. The number of hydrogen-bond acceptors (Lipinski definition) is 3. The van der Waals surface area contributed by atoms with Gasteiger partial charge in [0.2, 0.25) is 0 Å². The fourth-order valence-electron chi connectivity index (χ4n) is 1.42. The van der Waals surface area contributed by atoms with E-state index in [1.54, 1.807) is 24.3 Å². The fourth-order valence-corrected chi connectivity index (χ4v) is 1.42. The van der Waals surface area contributed by atoms with Crippen molar-refractivity contribution in [1.29, 1.82) is 0 Å². The van der Waals surface area contributed by atoms with Crippen LogP contribution in [0, 0.1) is 0 Å². The molecule has 21 heavy (non-hydrogen) atoms. The van der Waals surface area contributed by atoms with Crippen molar-refractivity contribution in [3.8, 4) is 11.5 Å². The van der Waals surface area contributed by atoms with Crippen molar-refractivity contribution in [2.75, 3.05) is 27.3 Å². The van der Waals surface area contributed by atoms with E-state index in [1.165, 1.54) is 7.11 Å². The van der Waals surface area contributed by atoms with Gasteiger partial charge in [0.05, 0.1) is 13.7 Å². The Morgan fingerprint density at radius 1 is 1.24 bits per heavy atom. The smallest absolute Gasteiger partial charge is 0.383 e. The fraction of sp³-hybridized carbons (Fsp3) is 0.462. The predicted molar refractivity (Wildman–Crippen MR) is 67.1 cm³/mol. The predicted octanol–water partition coefficient (Wildman–Crippen LogP) is 2.43. The molecule has 0 spiro atoms. The summed E-state index contributed by atoms with van der Waals surface area (Å²) >= 11 is 0. The lowest BCUT2D eigenvalue weighted by atomic mass is 10.3. The Labute approximate surface area is 119 Å². The monoisotopic (exact) mass is 309 g/mol. The molecule has 0 atom stereocenters. The van der Waals surface area contributed by atoms with E-state index >= 15 is 0 Å². The van der Waals surface area contributed by atoms with Gasteiger partial charge in [-0.05, 0) is 24.3 Å². The van der Waals surface area contributed by atoms with Crippen molar-refractivity contribution in [3.05, 3.63) is 24.3 Å². The lowest BCUT2D eigenvalue weighted by Crippen LogP contribution is -2.47. The van der Waals surface area contributed by atoms with Crippen molar-refractivity contribution in [2.24, 2.45) is 0 Å². The zero-order valence-electron chi connectivity index (χ0n) is 11.5. The van der Waals surface area contributed by atoms with Crippen molar-refractivity contribution in [3.63, 3.8) is 0 Å². The van der Waals surface area contributed by atoms with Crippen LogP contribution in [0.25, 0.3) is 0 Å². The Hall–Kier alpha value is -1.99. The molecule has 1 rings (SSSR count). The van der Waals surface area contributed by atoms with Crippen LogP contribution in [0.15, 0.2) is 24.3 Å². The minimum atomic E-state index is -4.69. The minimum Gasteiger partial charge on any atom is -0.497 e.